The van der Waals surface area contributed by atoms with Crippen molar-refractivity contribution >= 4 is 17.4 Å². The van der Waals surface area contributed by atoms with E-state index in [-0.39, 0.29) is 5.91 Å². The molecule has 7 heteroatoms. The molecule has 27 heavy (non-hydrogen) atoms. The fourth-order valence-electron chi connectivity index (χ4n) is 3.33. The standard InChI is InChI=1S/C20H22N6O/c1-15-6-5-9-25(11-15)18-10-19(22-13-21-18)26-12-17(23-14-26)20(27)24-16-7-3-2-4-8-16/h2-4,7-8,10,12-15H,5-6,9,11H2,1H3,(H,24,27). The maximum atomic E-state index is 12.4. The van der Waals surface area contributed by atoms with E-state index in [1.54, 1.807) is 23.4 Å². The number of hydrogen-bond acceptors (Lipinski definition) is 5. The second kappa shape index (κ2) is 7.57. The van der Waals surface area contributed by atoms with E-state index < -0.39 is 0 Å². The quantitative estimate of drug-likeness (QED) is 0.772. The highest BCUT2D eigenvalue weighted by Crippen LogP contribution is 2.22. The number of amides is 1. The number of para-hydroxylation sites is 1. The Hall–Kier alpha value is -3.22. The third kappa shape index (κ3) is 3.97. The first-order valence-corrected chi connectivity index (χ1v) is 9.17. The van der Waals surface area contributed by atoms with Crippen LogP contribution in [0.15, 0.2) is 55.2 Å². The molecule has 1 aromatic carbocycles. The minimum atomic E-state index is -0.251. The van der Waals surface area contributed by atoms with Crippen molar-refractivity contribution in [3.63, 3.8) is 0 Å². The first-order valence-electron chi connectivity index (χ1n) is 9.17. The predicted molar refractivity (Wildman–Crippen MR) is 104 cm³/mol. The van der Waals surface area contributed by atoms with Gasteiger partial charge in [0.1, 0.15) is 30.0 Å². The predicted octanol–water partition coefficient (Wildman–Crippen LogP) is 3.15. The summed E-state index contributed by atoms with van der Waals surface area (Å²) < 4.78 is 1.75. The van der Waals surface area contributed by atoms with Crippen molar-refractivity contribution in [2.75, 3.05) is 23.3 Å². The Kier molecular flexibility index (Phi) is 4.82. The lowest BCUT2D eigenvalue weighted by molar-refractivity contribution is 0.102. The Morgan fingerprint density at radius 2 is 1.96 bits per heavy atom. The van der Waals surface area contributed by atoms with E-state index in [1.807, 2.05) is 36.4 Å². The fourth-order valence-corrected chi connectivity index (χ4v) is 3.33. The van der Waals surface area contributed by atoms with Crippen molar-refractivity contribution in [2.24, 2.45) is 5.92 Å². The molecule has 1 saturated heterocycles. The lowest BCUT2D eigenvalue weighted by Crippen LogP contribution is -2.34. The van der Waals surface area contributed by atoms with Crippen LogP contribution >= 0.6 is 0 Å². The van der Waals surface area contributed by atoms with Gasteiger partial charge in [-0.15, -0.1) is 0 Å². The highest BCUT2D eigenvalue weighted by Gasteiger charge is 2.18. The van der Waals surface area contributed by atoms with Crippen LogP contribution in [-0.2, 0) is 0 Å². The van der Waals surface area contributed by atoms with E-state index in [1.165, 1.54) is 12.8 Å². The van der Waals surface area contributed by atoms with Crippen molar-refractivity contribution < 1.29 is 4.79 Å². The van der Waals surface area contributed by atoms with E-state index in [0.717, 1.165) is 24.6 Å². The number of imidazole rings is 1. The molecule has 7 nitrogen and oxygen atoms in total. The van der Waals surface area contributed by atoms with Gasteiger partial charge in [-0.1, -0.05) is 25.1 Å². The highest BCUT2D eigenvalue weighted by atomic mass is 16.1. The number of aromatic nitrogens is 4. The zero-order valence-corrected chi connectivity index (χ0v) is 15.2. The molecule has 0 aliphatic carbocycles. The van der Waals surface area contributed by atoms with Crippen LogP contribution in [0.4, 0.5) is 11.5 Å². The molecule has 138 valence electrons. The molecule has 1 unspecified atom stereocenters. The maximum absolute atomic E-state index is 12.4. The lowest BCUT2D eigenvalue weighted by atomic mass is 10.0. The average Bonchev–Trinajstić information content (AvgIpc) is 3.19. The number of rotatable bonds is 4. The van der Waals surface area contributed by atoms with Crippen LogP contribution < -0.4 is 10.2 Å². The second-order valence-electron chi connectivity index (χ2n) is 6.91. The maximum Gasteiger partial charge on any atom is 0.275 e. The number of nitrogens with one attached hydrogen (secondary N) is 1. The Labute approximate surface area is 158 Å². The van der Waals surface area contributed by atoms with Gasteiger partial charge in [0.15, 0.2) is 0 Å². The SMILES string of the molecule is CC1CCCN(c2cc(-n3cnc(C(=O)Nc4ccccc4)c3)ncn2)C1. The third-order valence-corrected chi connectivity index (χ3v) is 4.73. The van der Waals surface area contributed by atoms with Crippen molar-refractivity contribution in [3.8, 4) is 5.82 Å². The Morgan fingerprint density at radius 1 is 1.15 bits per heavy atom. The molecule has 1 aliphatic heterocycles. The molecule has 0 radical (unpaired) electrons. The molecule has 3 aromatic rings. The van der Waals surface area contributed by atoms with E-state index >= 15 is 0 Å². The topological polar surface area (TPSA) is 75.9 Å². The number of hydrogen-bond donors (Lipinski definition) is 1. The van der Waals surface area contributed by atoms with Crippen LogP contribution in [0.1, 0.15) is 30.3 Å². The summed E-state index contributed by atoms with van der Waals surface area (Å²) in [7, 11) is 0. The minimum absolute atomic E-state index is 0.251. The molecule has 0 spiro atoms. The molecular weight excluding hydrogens is 340 g/mol. The Morgan fingerprint density at radius 3 is 2.78 bits per heavy atom. The largest absolute Gasteiger partial charge is 0.356 e. The zero-order valence-electron chi connectivity index (χ0n) is 15.2. The van der Waals surface area contributed by atoms with Gasteiger partial charge in [0.2, 0.25) is 0 Å². The molecule has 1 amide bonds. The molecule has 1 fully saturated rings. The molecule has 0 bridgehead atoms. The number of carbonyl (C=O) groups excluding carboxylic acids is 1. The van der Waals surface area contributed by atoms with Crippen molar-refractivity contribution in [2.45, 2.75) is 19.8 Å². The van der Waals surface area contributed by atoms with Gasteiger partial charge < -0.3 is 10.2 Å². The summed E-state index contributed by atoms with van der Waals surface area (Å²) in [5, 5.41) is 2.84. The summed E-state index contributed by atoms with van der Waals surface area (Å²) >= 11 is 0. The number of nitrogens with zero attached hydrogens (tertiary/aromatic N) is 5. The van der Waals surface area contributed by atoms with Gasteiger partial charge in [-0.2, -0.15) is 0 Å². The van der Waals surface area contributed by atoms with E-state index in [4.69, 9.17) is 0 Å². The molecule has 1 N–H and O–H groups in total. The van der Waals surface area contributed by atoms with Crippen LogP contribution in [0.25, 0.3) is 5.82 Å². The van der Waals surface area contributed by atoms with Gasteiger partial charge in [-0.25, -0.2) is 15.0 Å². The van der Waals surface area contributed by atoms with Crippen molar-refractivity contribution in [1.29, 1.82) is 0 Å². The van der Waals surface area contributed by atoms with E-state index in [0.29, 0.717) is 17.4 Å². The van der Waals surface area contributed by atoms with Crippen LogP contribution in [0.2, 0.25) is 0 Å². The van der Waals surface area contributed by atoms with Gasteiger partial charge in [0.25, 0.3) is 5.91 Å². The second-order valence-corrected chi connectivity index (χ2v) is 6.91. The molecule has 4 rings (SSSR count). The molecule has 1 aliphatic rings. The van der Waals surface area contributed by atoms with Crippen LogP contribution in [0.5, 0.6) is 0 Å². The molecule has 1 atom stereocenters. The Bertz CT molecular complexity index is 923. The normalized spacial score (nSPS) is 16.9. The minimum Gasteiger partial charge on any atom is -0.356 e. The molecular formula is C20H22N6O. The summed E-state index contributed by atoms with van der Waals surface area (Å²) in [5.74, 6) is 2.03. The Balaban J connectivity index is 1.51. The summed E-state index contributed by atoms with van der Waals surface area (Å²) in [6, 6.07) is 11.3. The summed E-state index contributed by atoms with van der Waals surface area (Å²) in [5.41, 5.74) is 1.08. The first-order chi connectivity index (χ1) is 13.2. The average molecular weight is 362 g/mol. The summed E-state index contributed by atoms with van der Waals surface area (Å²) in [4.78, 5) is 27.6. The zero-order chi connectivity index (χ0) is 18.6. The van der Waals surface area contributed by atoms with E-state index in [2.05, 4.69) is 32.1 Å². The van der Waals surface area contributed by atoms with Crippen LogP contribution in [0.3, 0.4) is 0 Å². The van der Waals surface area contributed by atoms with Gasteiger partial charge in [0.05, 0.1) is 0 Å². The molecule has 2 aromatic heterocycles. The monoisotopic (exact) mass is 362 g/mol. The van der Waals surface area contributed by atoms with Gasteiger partial charge in [0, 0.05) is 31.0 Å². The van der Waals surface area contributed by atoms with E-state index in [9.17, 15) is 4.79 Å². The van der Waals surface area contributed by atoms with Gasteiger partial charge >= 0.3 is 0 Å². The number of anilines is 2. The number of carbonyl (C=O) groups is 1. The third-order valence-electron chi connectivity index (χ3n) is 4.73. The molecule has 0 saturated carbocycles. The lowest BCUT2D eigenvalue weighted by Gasteiger charge is -2.31. The number of benzene rings is 1. The van der Waals surface area contributed by atoms with Gasteiger partial charge in [-0.3, -0.25) is 9.36 Å². The van der Waals surface area contributed by atoms with Gasteiger partial charge in [-0.05, 0) is 30.9 Å². The number of piperidine rings is 1. The first kappa shape index (κ1) is 17.2. The smallest absolute Gasteiger partial charge is 0.275 e. The molecule has 3 heterocycles. The highest BCUT2D eigenvalue weighted by molar-refractivity contribution is 6.02. The van der Waals surface area contributed by atoms with Crippen LogP contribution in [0, 0.1) is 5.92 Å². The van der Waals surface area contributed by atoms with Crippen molar-refractivity contribution in [3.05, 3.63) is 60.9 Å². The fraction of sp³-hybridized carbons (Fsp3) is 0.300. The van der Waals surface area contributed by atoms with Crippen LogP contribution in [-0.4, -0.2) is 38.5 Å². The summed E-state index contributed by atoms with van der Waals surface area (Å²) in [6.07, 6.45) is 7.28. The van der Waals surface area contributed by atoms with Crippen molar-refractivity contribution in [1.82, 2.24) is 19.5 Å². The summed E-state index contributed by atoms with van der Waals surface area (Å²) in [6.45, 7) is 4.28.